The predicted molar refractivity (Wildman–Crippen MR) is 183 cm³/mol. The van der Waals surface area contributed by atoms with Gasteiger partial charge in [-0.25, -0.2) is 16.8 Å². The zero-order valence-electron chi connectivity index (χ0n) is 27.5. The molecule has 0 unspecified atom stereocenters. The van der Waals surface area contributed by atoms with Crippen LogP contribution in [0.15, 0.2) is 69.1 Å². The molecule has 1 aliphatic rings. The van der Waals surface area contributed by atoms with Crippen LogP contribution in [-0.4, -0.2) is 88.7 Å². The van der Waals surface area contributed by atoms with E-state index in [9.17, 15) is 26.7 Å². The number of anilines is 1. The number of hydrogen-bond donors (Lipinski definition) is 2. The van der Waals surface area contributed by atoms with Crippen molar-refractivity contribution in [2.75, 3.05) is 38.1 Å². The minimum Gasteiger partial charge on any atom is -0.490 e. The maximum atomic E-state index is 14.3. The summed E-state index contributed by atoms with van der Waals surface area (Å²) < 4.78 is 69.4. The smallest absolute Gasteiger partial charge is 0.271 e. The third-order valence-corrected chi connectivity index (χ3v) is 12.8. The van der Waals surface area contributed by atoms with Gasteiger partial charge < -0.3 is 19.5 Å². The lowest BCUT2D eigenvalue weighted by molar-refractivity contribution is -0.00833. The van der Waals surface area contributed by atoms with Crippen molar-refractivity contribution in [1.29, 1.82) is 0 Å². The number of amides is 1. The molecule has 2 N–H and O–H groups in total. The first-order valence-corrected chi connectivity index (χ1v) is 19.5. The standard InChI is InChI=1S/C33H45N3O8S3/c1-23-11-14-28(15-12-23)47(41,42)35(5)21-31-24(2)20-36(25(3)22-37)33(38)29-19-27(34-46(39,40)32-10-8-18-45-32)13-16-30(29)44-26(4)9-6-7-17-43-31/h8,10-16,18-19,24-26,31,34,37H,6-7,9,17,20-22H2,1-5H3/t24-,25-,26-,31+/m1/s1. The van der Waals surface area contributed by atoms with Crippen molar-refractivity contribution in [2.45, 2.75) is 74.3 Å². The molecule has 0 bridgehead atoms. The second-order valence-corrected chi connectivity index (χ2v) is 17.0. The molecule has 2 aromatic carbocycles. The summed E-state index contributed by atoms with van der Waals surface area (Å²) in [5, 5.41) is 11.9. The van der Waals surface area contributed by atoms with E-state index in [-0.39, 0.29) is 52.1 Å². The van der Waals surface area contributed by atoms with E-state index in [2.05, 4.69) is 4.72 Å². The molecule has 3 aromatic rings. The summed E-state index contributed by atoms with van der Waals surface area (Å²) in [5.41, 5.74) is 1.28. The quantitative estimate of drug-likeness (QED) is 0.318. The van der Waals surface area contributed by atoms with Crippen LogP contribution in [-0.2, 0) is 24.8 Å². The number of aliphatic hydroxyl groups excluding tert-OH is 1. The summed E-state index contributed by atoms with van der Waals surface area (Å²) >= 11 is 1.08. The van der Waals surface area contributed by atoms with E-state index < -0.39 is 38.1 Å². The summed E-state index contributed by atoms with van der Waals surface area (Å²) in [4.78, 5) is 16.0. The largest absolute Gasteiger partial charge is 0.490 e. The minimum absolute atomic E-state index is 0.0532. The monoisotopic (exact) mass is 707 g/mol. The van der Waals surface area contributed by atoms with Gasteiger partial charge in [0.2, 0.25) is 10.0 Å². The number of carbonyl (C=O) groups excluding carboxylic acids is 1. The Labute approximate surface area is 282 Å². The Morgan fingerprint density at radius 1 is 1.09 bits per heavy atom. The number of thiophene rings is 1. The van der Waals surface area contributed by atoms with Crippen LogP contribution in [0.2, 0.25) is 0 Å². The highest BCUT2D eigenvalue weighted by atomic mass is 32.2. The topological polar surface area (TPSA) is 143 Å². The van der Waals surface area contributed by atoms with Gasteiger partial charge in [-0.1, -0.05) is 30.7 Å². The molecule has 258 valence electrons. The number of carbonyl (C=O) groups is 1. The molecule has 1 aliphatic heterocycles. The van der Waals surface area contributed by atoms with Crippen molar-refractivity contribution in [3.8, 4) is 5.75 Å². The van der Waals surface area contributed by atoms with Crippen molar-refractivity contribution in [1.82, 2.24) is 9.21 Å². The molecule has 1 amide bonds. The Kier molecular flexibility index (Phi) is 12.5. The van der Waals surface area contributed by atoms with E-state index >= 15 is 0 Å². The van der Waals surface area contributed by atoms with Crippen LogP contribution in [0.1, 0.15) is 56.0 Å². The SMILES string of the molecule is Cc1ccc(S(=O)(=O)N(C)C[C@@H]2OCCCC[C@@H](C)Oc3ccc(NS(=O)(=O)c4cccs4)cc3C(=O)N([C@H](C)CO)C[C@H]2C)cc1. The number of benzene rings is 2. The Bertz CT molecular complexity index is 1700. The molecular weight excluding hydrogens is 663 g/mol. The van der Waals surface area contributed by atoms with Gasteiger partial charge in [0.25, 0.3) is 15.9 Å². The molecule has 2 heterocycles. The molecule has 0 saturated carbocycles. The molecule has 0 fully saturated rings. The van der Waals surface area contributed by atoms with Gasteiger partial charge in [0.05, 0.1) is 35.3 Å². The molecule has 0 spiro atoms. The van der Waals surface area contributed by atoms with Crippen LogP contribution in [0.3, 0.4) is 0 Å². The first-order chi connectivity index (χ1) is 22.2. The van der Waals surface area contributed by atoms with Gasteiger partial charge in [-0.05, 0) is 81.8 Å². The normalized spacial score (nSPS) is 21.0. The Morgan fingerprint density at radius 3 is 2.47 bits per heavy atom. The lowest BCUT2D eigenvalue weighted by atomic mass is 10.0. The molecule has 47 heavy (non-hydrogen) atoms. The number of fused-ring (bicyclic) bond motifs is 1. The van der Waals surface area contributed by atoms with Gasteiger partial charge in [-0.2, -0.15) is 4.31 Å². The molecular formula is C33H45N3O8S3. The van der Waals surface area contributed by atoms with E-state index in [1.54, 1.807) is 54.8 Å². The van der Waals surface area contributed by atoms with Gasteiger partial charge >= 0.3 is 0 Å². The molecule has 1 aromatic heterocycles. The number of likely N-dealkylation sites (N-methyl/N-ethyl adjacent to an activating group) is 1. The number of nitrogens with zero attached hydrogens (tertiary/aromatic N) is 2. The average Bonchev–Trinajstić information content (AvgIpc) is 3.59. The lowest BCUT2D eigenvalue weighted by Crippen LogP contribution is -2.48. The van der Waals surface area contributed by atoms with Gasteiger partial charge in [0.15, 0.2) is 0 Å². The third-order valence-electron chi connectivity index (χ3n) is 8.23. The zero-order valence-corrected chi connectivity index (χ0v) is 29.9. The van der Waals surface area contributed by atoms with Crippen molar-refractivity contribution >= 4 is 43.0 Å². The Balaban J connectivity index is 1.67. The van der Waals surface area contributed by atoms with E-state index in [1.165, 1.54) is 28.4 Å². The van der Waals surface area contributed by atoms with Crippen molar-refractivity contribution in [3.63, 3.8) is 0 Å². The summed E-state index contributed by atoms with van der Waals surface area (Å²) in [6, 6.07) is 13.8. The third kappa shape index (κ3) is 9.33. The predicted octanol–water partition coefficient (Wildman–Crippen LogP) is 4.97. The first kappa shape index (κ1) is 36.8. The number of rotatable bonds is 9. The number of aliphatic hydroxyl groups is 1. The van der Waals surface area contributed by atoms with Crippen LogP contribution in [0.5, 0.6) is 5.75 Å². The fraction of sp³-hybridized carbons (Fsp3) is 0.485. The van der Waals surface area contributed by atoms with Crippen molar-refractivity contribution < 1.29 is 36.2 Å². The summed E-state index contributed by atoms with van der Waals surface area (Å²) in [5.74, 6) is -0.511. The molecule has 11 nitrogen and oxygen atoms in total. The number of ether oxygens (including phenoxy) is 2. The second-order valence-electron chi connectivity index (χ2n) is 12.1. The number of aryl methyl sites for hydroxylation is 1. The second kappa shape index (κ2) is 15.9. The molecule has 14 heteroatoms. The molecule has 0 aliphatic carbocycles. The van der Waals surface area contributed by atoms with Crippen molar-refractivity contribution in [3.05, 3.63) is 71.1 Å². The molecule has 0 saturated heterocycles. The summed E-state index contributed by atoms with van der Waals surface area (Å²) in [7, 11) is -6.17. The molecule has 4 rings (SSSR count). The maximum absolute atomic E-state index is 14.3. The van der Waals surface area contributed by atoms with Crippen LogP contribution >= 0.6 is 11.3 Å². The zero-order chi connectivity index (χ0) is 34.4. The Hall–Kier alpha value is -3.01. The number of nitrogens with one attached hydrogen (secondary N) is 1. The van der Waals surface area contributed by atoms with E-state index in [0.717, 1.165) is 29.7 Å². The highest BCUT2D eigenvalue weighted by Crippen LogP contribution is 2.30. The Morgan fingerprint density at radius 2 is 1.81 bits per heavy atom. The number of sulfonamides is 2. The van der Waals surface area contributed by atoms with Gasteiger partial charge in [-0.3, -0.25) is 9.52 Å². The fourth-order valence-electron chi connectivity index (χ4n) is 5.31. The van der Waals surface area contributed by atoms with Gasteiger partial charge in [-0.15, -0.1) is 11.3 Å². The fourth-order valence-corrected chi connectivity index (χ4v) is 8.54. The highest BCUT2D eigenvalue weighted by molar-refractivity contribution is 7.94. The molecule has 4 atom stereocenters. The van der Waals surface area contributed by atoms with Gasteiger partial charge in [0.1, 0.15) is 9.96 Å². The van der Waals surface area contributed by atoms with E-state index in [0.29, 0.717) is 18.8 Å². The summed E-state index contributed by atoms with van der Waals surface area (Å²) in [6.07, 6.45) is 1.33. The molecule has 0 radical (unpaired) electrons. The highest BCUT2D eigenvalue weighted by Gasteiger charge is 2.32. The lowest BCUT2D eigenvalue weighted by Gasteiger charge is -2.35. The van der Waals surface area contributed by atoms with E-state index in [1.807, 2.05) is 20.8 Å². The minimum atomic E-state index is -3.88. The number of hydrogen-bond acceptors (Lipinski definition) is 9. The van der Waals surface area contributed by atoms with Gasteiger partial charge in [0, 0.05) is 38.3 Å². The maximum Gasteiger partial charge on any atom is 0.271 e. The average molecular weight is 708 g/mol. The van der Waals surface area contributed by atoms with Crippen molar-refractivity contribution in [2.24, 2.45) is 5.92 Å². The van der Waals surface area contributed by atoms with Crippen LogP contribution in [0.4, 0.5) is 5.69 Å². The summed E-state index contributed by atoms with van der Waals surface area (Å²) in [6.45, 7) is 7.64. The van der Waals surface area contributed by atoms with E-state index in [4.69, 9.17) is 9.47 Å². The van der Waals surface area contributed by atoms with Crippen LogP contribution in [0.25, 0.3) is 0 Å². The van der Waals surface area contributed by atoms with Crippen LogP contribution < -0.4 is 9.46 Å². The first-order valence-electron chi connectivity index (χ1n) is 15.7. The van der Waals surface area contributed by atoms with Crippen LogP contribution in [0, 0.1) is 12.8 Å².